The highest BCUT2D eigenvalue weighted by Gasteiger charge is 2.25. The first-order valence-electron chi connectivity index (χ1n) is 6.70. The van der Waals surface area contributed by atoms with Crippen molar-refractivity contribution in [2.24, 2.45) is 0 Å². The molecule has 1 aromatic carbocycles. The van der Waals surface area contributed by atoms with Gasteiger partial charge in [0.15, 0.2) is 0 Å². The van der Waals surface area contributed by atoms with Crippen LogP contribution in [0.15, 0.2) is 29.2 Å². The van der Waals surface area contributed by atoms with Crippen molar-refractivity contribution in [1.29, 1.82) is 0 Å². The van der Waals surface area contributed by atoms with Crippen molar-refractivity contribution in [3.63, 3.8) is 0 Å². The van der Waals surface area contributed by atoms with Crippen LogP contribution < -0.4 is 11.1 Å². The van der Waals surface area contributed by atoms with Gasteiger partial charge in [0, 0.05) is 29.4 Å². The Morgan fingerprint density at radius 2 is 2.00 bits per heavy atom. The fourth-order valence-electron chi connectivity index (χ4n) is 1.97. The van der Waals surface area contributed by atoms with E-state index in [1.165, 1.54) is 16.1 Å². The van der Waals surface area contributed by atoms with Crippen LogP contribution in [-0.4, -0.2) is 49.8 Å². The van der Waals surface area contributed by atoms with Crippen molar-refractivity contribution in [2.45, 2.75) is 11.3 Å². The van der Waals surface area contributed by atoms with E-state index < -0.39 is 10.0 Å². The first-order valence-corrected chi connectivity index (χ1v) is 9.30. The van der Waals surface area contributed by atoms with Gasteiger partial charge in [0.2, 0.25) is 15.9 Å². The maximum atomic E-state index is 12.2. The van der Waals surface area contributed by atoms with Crippen LogP contribution in [0.25, 0.3) is 0 Å². The van der Waals surface area contributed by atoms with Crippen molar-refractivity contribution in [3.8, 4) is 0 Å². The molecule has 1 aliphatic heterocycles. The Morgan fingerprint density at radius 3 is 2.71 bits per heavy atom. The predicted molar refractivity (Wildman–Crippen MR) is 84.6 cm³/mol. The van der Waals surface area contributed by atoms with Gasteiger partial charge in [-0.05, 0) is 30.7 Å². The molecule has 0 aliphatic carbocycles. The molecule has 8 heteroatoms. The fourth-order valence-corrected chi connectivity index (χ4v) is 4.69. The van der Waals surface area contributed by atoms with Gasteiger partial charge in [0.25, 0.3) is 0 Å². The second kappa shape index (κ2) is 7.15. The molecule has 1 heterocycles. The molecule has 1 amide bonds. The van der Waals surface area contributed by atoms with Gasteiger partial charge in [-0.15, -0.1) is 11.8 Å². The third kappa shape index (κ3) is 4.90. The summed E-state index contributed by atoms with van der Waals surface area (Å²) in [6, 6.07) is 7.31. The Labute approximate surface area is 129 Å². The van der Waals surface area contributed by atoms with Gasteiger partial charge >= 0.3 is 0 Å². The summed E-state index contributed by atoms with van der Waals surface area (Å²) in [5, 5.41) is 2.67. The lowest BCUT2D eigenvalue weighted by molar-refractivity contribution is -0.120. The minimum atomic E-state index is -3.39. The highest BCUT2D eigenvalue weighted by molar-refractivity contribution is 8.00. The highest BCUT2D eigenvalue weighted by Crippen LogP contribution is 2.20. The number of carbonyl (C=O) groups excluding carboxylic acids is 1. The Bertz CT molecular complexity index is 587. The second-order valence-corrected chi connectivity index (χ2v) is 8.03. The molecule has 1 aliphatic rings. The van der Waals surface area contributed by atoms with Gasteiger partial charge < -0.3 is 11.1 Å². The number of carbonyl (C=O) groups is 1. The summed E-state index contributed by atoms with van der Waals surface area (Å²) < 4.78 is 25.8. The van der Waals surface area contributed by atoms with Gasteiger partial charge in [-0.2, -0.15) is 4.31 Å². The monoisotopic (exact) mass is 329 g/mol. The molecule has 1 saturated heterocycles. The van der Waals surface area contributed by atoms with E-state index in [2.05, 4.69) is 5.32 Å². The Kier molecular flexibility index (Phi) is 5.49. The van der Waals surface area contributed by atoms with Gasteiger partial charge in [-0.3, -0.25) is 4.79 Å². The largest absolute Gasteiger partial charge is 0.399 e. The number of amides is 1. The lowest BCUT2D eigenvalue weighted by atomic mass is 10.3. The topological polar surface area (TPSA) is 92.5 Å². The van der Waals surface area contributed by atoms with Crippen molar-refractivity contribution < 1.29 is 13.2 Å². The van der Waals surface area contributed by atoms with Gasteiger partial charge in [0.1, 0.15) is 0 Å². The van der Waals surface area contributed by atoms with Gasteiger partial charge in [-0.25, -0.2) is 8.42 Å². The van der Waals surface area contributed by atoms with Crippen LogP contribution >= 0.6 is 11.8 Å². The van der Waals surface area contributed by atoms with E-state index in [0.717, 1.165) is 4.90 Å². The number of anilines is 1. The van der Waals surface area contributed by atoms with Crippen LogP contribution in [0.4, 0.5) is 5.69 Å². The molecule has 0 atom stereocenters. The summed E-state index contributed by atoms with van der Waals surface area (Å²) in [6.07, 6.45) is 0.649. The van der Waals surface area contributed by atoms with Gasteiger partial charge in [-0.1, -0.05) is 0 Å². The number of hydrogen-bond donors (Lipinski definition) is 2. The summed E-state index contributed by atoms with van der Waals surface area (Å²) in [5.74, 6) is 0.238. The molecule has 6 nitrogen and oxygen atoms in total. The van der Waals surface area contributed by atoms with Crippen LogP contribution in [-0.2, 0) is 14.8 Å². The molecule has 3 N–H and O–H groups in total. The zero-order chi connectivity index (χ0) is 15.3. The van der Waals surface area contributed by atoms with Crippen LogP contribution in [0.2, 0.25) is 0 Å². The number of nitrogens with two attached hydrogens (primary N) is 1. The maximum Gasteiger partial charge on any atom is 0.235 e. The third-order valence-electron chi connectivity index (χ3n) is 3.11. The summed E-state index contributed by atoms with van der Waals surface area (Å²) in [6.45, 7) is 0.855. The fraction of sp³-hybridized carbons (Fsp3) is 0.462. The van der Waals surface area contributed by atoms with Crippen LogP contribution in [0.5, 0.6) is 0 Å². The number of nitrogens with one attached hydrogen (secondary N) is 1. The van der Waals surface area contributed by atoms with E-state index in [1.54, 1.807) is 12.1 Å². The molecule has 0 bridgehead atoms. The standard InChI is InChI=1S/C13H19N3O3S2/c14-11-2-4-12(5-3-11)20-8-9-21(18,19)16-7-1-6-15-13(17)10-16/h2-5H,1,6-10,14H2,(H,15,17). The van der Waals surface area contributed by atoms with Crippen molar-refractivity contribution in [3.05, 3.63) is 24.3 Å². The first-order chi connectivity index (χ1) is 9.97. The van der Waals surface area contributed by atoms with Gasteiger partial charge in [0.05, 0.1) is 12.3 Å². The molecule has 0 aromatic heterocycles. The number of benzene rings is 1. The summed E-state index contributed by atoms with van der Waals surface area (Å²) >= 11 is 1.46. The summed E-state index contributed by atoms with van der Waals surface area (Å²) in [4.78, 5) is 12.4. The molecule has 2 rings (SSSR count). The lowest BCUT2D eigenvalue weighted by Gasteiger charge is -2.18. The van der Waals surface area contributed by atoms with Crippen molar-refractivity contribution in [2.75, 3.05) is 36.9 Å². The normalized spacial score (nSPS) is 17.2. The van der Waals surface area contributed by atoms with E-state index in [0.29, 0.717) is 31.0 Å². The molecular weight excluding hydrogens is 310 g/mol. The average molecular weight is 329 g/mol. The average Bonchev–Trinajstić information content (AvgIpc) is 2.66. The molecule has 0 saturated carbocycles. The molecular formula is C13H19N3O3S2. The number of hydrogen-bond acceptors (Lipinski definition) is 5. The SMILES string of the molecule is Nc1ccc(SCCS(=O)(=O)N2CCCNC(=O)C2)cc1. The first kappa shape index (κ1) is 16.1. The molecule has 1 aromatic rings. The van der Waals surface area contributed by atoms with Crippen molar-refractivity contribution in [1.82, 2.24) is 9.62 Å². The van der Waals surface area contributed by atoms with Crippen LogP contribution in [0, 0.1) is 0 Å². The summed E-state index contributed by atoms with van der Waals surface area (Å²) in [7, 11) is -3.39. The zero-order valence-corrected chi connectivity index (χ0v) is 13.3. The van der Waals surface area contributed by atoms with Crippen LogP contribution in [0.3, 0.4) is 0 Å². The predicted octanol–water partition coefficient (Wildman–Crippen LogP) is 0.513. The molecule has 0 spiro atoms. The van der Waals surface area contributed by atoms with Crippen molar-refractivity contribution >= 4 is 33.4 Å². The van der Waals surface area contributed by atoms with E-state index >= 15 is 0 Å². The number of thioether (sulfide) groups is 1. The zero-order valence-electron chi connectivity index (χ0n) is 11.6. The number of rotatable bonds is 5. The third-order valence-corrected chi connectivity index (χ3v) is 6.20. The minimum absolute atomic E-state index is 0.0231. The number of nitrogen functional groups attached to an aromatic ring is 1. The second-order valence-electron chi connectivity index (χ2n) is 4.77. The molecule has 0 radical (unpaired) electrons. The smallest absolute Gasteiger partial charge is 0.235 e. The number of nitrogens with zero attached hydrogens (tertiary/aromatic N) is 1. The minimum Gasteiger partial charge on any atom is -0.399 e. The number of sulfonamides is 1. The Morgan fingerprint density at radius 1 is 1.29 bits per heavy atom. The molecule has 0 unspecified atom stereocenters. The quantitative estimate of drug-likeness (QED) is 0.607. The molecule has 116 valence electrons. The van der Waals surface area contributed by atoms with Crippen LogP contribution in [0.1, 0.15) is 6.42 Å². The van der Waals surface area contributed by atoms with E-state index in [1.807, 2.05) is 12.1 Å². The molecule has 1 fully saturated rings. The van der Waals surface area contributed by atoms with E-state index in [-0.39, 0.29) is 18.2 Å². The maximum absolute atomic E-state index is 12.2. The highest BCUT2D eigenvalue weighted by atomic mass is 32.2. The van der Waals surface area contributed by atoms with E-state index in [9.17, 15) is 13.2 Å². The molecule has 21 heavy (non-hydrogen) atoms. The Hall–Kier alpha value is -1.25. The van der Waals surface area contributed by atoms with E-state index in [4.69, 9.17) is 5.73 Å². The lowest BCUT2D eigenvalue weighted by Crippen LogP contribution is -2.39. The summed E-state index contributed by atoms with van der Waals surface area (Å²) in [5.41, 5.74) is 6.28. The Balaban J connectivity index is 1.88.